The molecule has 11 heteroatoms. The van der Waals surface area contributed by atoms with Gasteiger partial charge in [-0.15, -0.1) is 11.3 Å². The molecule has 4 aromatic heterocycles. The zero-order valence-electron chi connectivity index (χ0n) is 21.7. The van der Waals surface area contributed by atoms with E-state index in [4.69, 9.17) is 15.0 Å². The average molecular weight is 546 g/mol. The molecule has 0 radical (unpaired) electrons. The third-order valence-corrected chi connectivity index (χ3v) is 8.54. The fraction of sp³-hybridized carbons (Fsp3) is 0.357. The molecule has 6 rings (SSSR count). The summed E-state index contributed by atoms with van der Waals surface area (Å²) in [7, 11) is 0. The van der Waals surface area contributed by atoms with E-state index in [9.17, 15) is 15.3 Å². The summed E-state index contributed by atoms with van der Waals surface area (Å²) in [6.45, 7) is 4.28. The third kappa shape index (κ3) is 4.82. The third-order valence-electron chi connectivity index (χ3n) is 7.50. The van der Waals surface area contributed by atoms with E-state index in [1.54, 1.807) is 6.20 Å². The Kier molecular flexibility index (Phi) is 6.90. The highest BCUT2D eigenvalue weighted by Crippen LogP contribution is 2.38. The molecule has 1 fully saturated rings. The number of pyridine rings is 1. The highest BCUT2D eigenvalue weighted by atomic mass is 32.1. The van der Waals surface area contributed by atoms with Gasteiger partial charge in [-0.05, 0) is 44.4 Å². The first kappa shape index (κ1) is 25.6. The second-order valence-electron chi connectivity index (χ2n) is 10.1. The van der Waals surface area contributed by atoms with Crippen LogP contribution in [-0.2, 0) is 6.42 Å². The molecule has 1 aliphatic carbocycles. The molecule has 0 bridgehead atoms. The Labute approximate surface area is 229 Å². The number of aromatic nitrogens is 5. The minimum absolute atomic E-state index is 0.198. The Morgan fingerprint density at radius 1 is 1.05 bits per heavy atom. The Morgan fingerprint density at radius 3 is 2.69 bits per heavy atom. The molecule has 0 aliphatic heterocycles. The molecule has 6 N–H and O–H groups in total. The van der Waals surface area contributed by atoms with Crippen molar-refractivity contribution in [3.05, 3.63) is 59.7 Å². The van der Waals surface area contributed by atoms with E-state index < -0.39 is 24.2 Å². The van der Waals surface area contributed by atoms with Crippen LogP contribution in [0.25, 0.3) is 31.7 Å². The SMILES string of the molecule is Cc1nc(NCCc2c[nH]c3ccccc23)nc(NC2CC(CO)C(O)C2O)c1-c1nc2c(C)nccc2s1. The number of thiazole rings is 1. The number of nitrogens with one attached hydrogen (secondary N) is 3. The van der Waals surface area contributed by atoms with Gasteiger partial charge in [0.25, 0.3) is 0 Å². The van der Waals surface area contributed by atoms with Crippen molar-refractivity contribution in [3.63, 3.8) is 0 Å². The van der Waals surface area contributed by atoms with Crippen molar-refractivity contribution < 1.29 is 15.3 Å². The lowest BCUT2D eigenvalue weighted by Gasteiger charge is -2.21. The summed E-state index contributed by atoms with van der Waals surface area (Å²) < 4.78 is 1.01. The van der Waals surface area contributed by atoms with Crippen LogP contribution in [0.5, 0.6) is 0 Å². The maximum atomic E-state index is 10.7. The van der Waals surface area contributed by atoms with Crippen LogP contribution in [0.4, 0.5) is 11.8 Å². The zero-order chi connectivity index (χ0) is 27.1. The van der Waals surface area contributed by atoms with Crippen LogP contribution >= 0.6 is 11.3 Å². The van der Waals surface area contributed by atoms with Gasteiger partial charge in [0.2, 0.25) is 5.95 Å². The molecule has 39 heavy (non-hydrogen) atoms. The molecule has 5 aromatic rings. The Hall–Kier alpha value is -3.64. The van der Waals surface area contributed by atoms with Crippen molar-refractivity contribution in [2.75, 3.05) is 23.8 Å². The summed E-state index contributed by atoms with van der Waals surface area (Å²) >= 11 is 1.53. The van der Waals surface area contributed by atoms with Crippen LogP contribution < -0.4 is 10.6 Å². The summed E-state index contributed by atoms with van der Waals surface area (Å²) in [5.74, 6) is 0.578. The molecule has 0 spiro atoms. The van der Waals surface area contributed by atoms with Gasteiger partial charge in [0.15, 0.2) is 0 Å². The number of benzene rings is 1. The predicted molar refractivity (Wildman–Crippen MR) is 153 cm³/mol. The summed E-state index contributed by atoms with van der Waals surface area (Å²) in [5, 5.41) is 39.4. The largest absolute Gasteiger partial charge is 0.396 e. The van der Waals surface area contributed by atoms with Crippen LogP contribution in [0.1, 0.15) is 23.4 Å². The molecule has 202 valence electrons. The molecule has 1 aliphatic rings. The molecule has 1 saturated carbocycles. The quantitative estimate of drug-likeness (QED) is 0.172. The minimum atomic E-state index is -1.04. The standard InChI is InChI=1S/C28H31N7O3S/c1-14-22(27-34-23-15(2)29-10-8-21(23)39-27)26(33-20-11-17(13-36)24(37)25(20)38)35-28(32-14)30-9-7-16-12-31-19-6-4-3-5-18(16)19/h3-6,8,10,12,17,20,24-25,31,36-38H,7,9,11,13H2,1-2H3,(H2,30,32,33,35). The lowest BCUT2D eigenvalue weighted by molar-refractivity contribution is 0.00446. The number of anilines is 2. The van der Waals surface area contributed by atoms with Crippen molar-refractivity contribution in [2.45, 2.75) is 44.9 Å². The van der Waals surface area contributed by atoms with Gasteiger partial charge in [0.05, 0.1) is 33.8 Å². The summed E-state index contributed by atoms with van der Waals surface area (Å²) in [5.41, 5.74) is 5.47. The summed E-state index contributed by atoms with van der Waals surface area (Å²) in [6, 6.07) is 9.67. The Bertz CT molecular complexity index is 1630. The molecule has 4 atom stereocenters. The van der Waals surface area contributed by atoms with Crippen molar-refractivity contribution in [1.82, 2.24) is 24.9 Å². The van der Waals surface area contributed by atoms with Gasteiger partial charge in [0, 0.05) is 42.4 Å². The number of aryl methyl sites for hydroxylation is 2. The van der Waals surface area contributed by atoms with Gasteiger partial charge in [-0.1, -0.05) is 18.2 Å². The molecule has 4 unspecified atom stereocenters. The fourth-order valence-electron chi connectivity index (χ4n) is 5.37. The summed E-state index contributed by atoms with van der Waals surface area (Å²) in [4.78, 5) is 22.1. The van der Waals surface area contributed by atoms with Crippen molar-refractivity contribution in [3.8, 4) is 10.6 Å². The van der Waals surface area contributed by atoms with Crippen molar-refractivity contribution in [2.24, 2.45) is 5.92 Å². The number of aliphatic hydroxyl groups excluding tert-OH is 3. The first-order chi connectivity index (χ1) is 18.9. The van der Waals surface area contributed by atoms with E-state index in [1.807, 2.05) is 38.2 Å². The van der Waals surface area contributed by atoms with E-state index in [0.29, 0.717) is 24.7 Å². The normalized spacial score (nSPS) is 21.2. The number of hydrogen-bond donors (Lipinski definition) is 6. The van der Waals surface area contributed by atoms with Crippen LogP contribution in [0, 0.1) is 19.8 Å². The number of H-pyrrole nitrogens is 1. The van der Waals surface area contributed by atoms with E-state index in [-0.39, 0.29) is 6.61 Å². The average Bonchev–Trinajstić information content (AvgIpc) is 3.62. The second kappa shape index (κ2) is 10.5. The highest BCUT2D eigenvalue weighted by Gasteiger charge is 2.41. The van der Waals surface area contributed by atoms with E-state index >= 15 is 0 Å². The van der Waals surface area contributed by atoms with Gasteiger partial charge in [-0.2, -0.15) is 4.98 Å². The van der Waals surface area contributed by atoms with Crippen molar-refractivity contribution in [1.29, 1.82) is 0 Å². The first-order valence-corrected chi connectivity index (χ1v) is 13.9. The maximum Gasteiger partial charge on any atom is 0.224 e. The predicted octanol–water partition coefficient (Wildman–Crippen LogP) is 3.42. The molecule has 1 aromatic carbocycles. The van der Waals surface area contributed by atoms with Gasteiger partial charge < -0.3 is 30.9 Å². The van der Waals surface area contributed by atoms with Crippen LogP contribution in [0.2, 0.25) is 0 Å². The summed E-state index contributed by atoms with van der Waals surface area (Å²) in [6.07, 6.45) is 2.95. The number of nitrogens with zero attached hydrogens (tertiary/aromatic N) is 4. The van der Waals surface area contributed by atoms with Gasteiger partial charge in [-0.25, -0.2) is 9.97 Å². The monoisotopic (exact) mass is 545 g/mol. The van der Waals surface area contributed by atoms with E-state index in [0.717, 1.165) is 44.1 Å². The van der Waals surface area contributed by atoms with Crippen LogP contribution in [0.15, 0.2) is 42.7 Å². The first-order valence-electron chi connectivity index (χ1n) is 13.1. The van der Waals surface area contributed by atoms with Crippen LogP contribution in [-0.4, -0.2) is 71.6 Å². The van der Waals surface area contributed by atoms with E-state index in [2.05, 4.69) is 32.7 Å². The zero-order valence-corrected chi connectivity index (χ0v) is 22.5. The maximum absolute atomic E-state index is 10.7. The lowest BCUT2D eigenvalue weighted by Crippen LogP contribution is -2.35. The minimum Gasteiger partial charge on any atom is -0.396 e. The number of aliphatic hydroxyl groups is 3. The molecule has 4 heterocycles. The number of hydrogen-bond acceptors (Lipinski definition) is 10. The van der Waals surface area contributed by atoms with Crippen LogP contribution in [0.3, 0.4) is 0 Å². The van der Waals surface area contributed by atoms with Gasteiger partial charge in [-0.3, -0.25) is 4.98 Å². The molecular formula is C28H31N7O3S. The number of rotatable bonds is 8. The number of aromatic amines is 1. The Balaban J connectivity index is 1.32. The topological polar surface area (TPSA) is 152 Å². The molecule has 0 amide bonds. The second-order valence-corrected chi connectivity index (χ2v) is 11.1. The molecular weight excluding hydrogens is 514 g/mol. The molecule has 10 nitrogen and oxygen atoms in total. The highest BCUT2D eigenvalue weighted by molar-refractivity contribution is 7.21. The number of para-hydroxylation sites is 1. The van der Waals surface area contributed by atoms with Gasteiger partial charge >= 0.3 is 0 Å². The fourth-order valence-corrected chi connectivity index (χ4v) is 6.48. The van der Waals surface area contributed by atoms with Gasteiger partial charge in [0.1, 0.15) is 22.4 Å². The smallest absolute Gasteiger partial charge is 0.224 e. The van der Waals surface area contributed by atoms with Crippen molar-refractivity contribution >= 4 is 44.2 Å². The number of fused-ring (bicyclic) bond motifs is 2. The van der Waals surface area contributed by atoms with E-state index in [1.165, 1.54) is 22.3 Å². The lowest BCUT2D eigenvalue weighted by atomic mass is 10.1. The Morgan fingerprint density at radius 2 is 1.90 bits per heavy atom. The molecule has 0 saturated heterocycles.